The van der Waals surface area contributed by atoms with Gasteiger partial charge in [0, 0.05) is 11.1 Å². The maximum absolute atomic E-state index is 10.9. The SMILES string of the molecule is O=C(O)Cc1cc(-c2ccccc2)c2cccoc1-2. The third kappa shape index (κ3) is 2.10. The second-order valence-electron chi connectivity index (χ2n) is 4.38. The Hall–Kier alpha value is -2.55. The molecule has 0 atom stereocenters. The molecule has 94 valence electrons. The number of carbonyl (C=O) groups is 1. The highest BCUT2D eigenvalue weighted by atomic mass is 16.4. The molecule has 1 aromatic rings. The summed E-state index contributed by atoms with van der Waals surface area (Å²) in [7, 11) is 0. The molecule has 0 fully saturated rings. The van der Waals surface area contributed by atoms with E-state index in [9.17, 15) is 4.79 Å². The number of carboxylic acid groups (broad SMARTS) is 1. The van der Waals surface area contributed by atoms with Crippen molar-refractivity contribution >= 4 is 5.97 Å². The molecule has 1 heterocycles. The molecule has 0 saturated heterocycles. The third-order valence-corrected chi connectivity index (χ3v) is 3.10. The molecule has 0 unspecified atom stereocenters. The fourth-order valence-corrected chi connectivity index (χ4v) is 2.31. The van der Waals surface area contributed by atoms with Gasteiger partial charge in [0.1, 0.15) is 5.76 Å². The normalized spacial score (nSPS) is 10.7. The molecule has 1 aliphatic heterocycles. The van der Waals surface area contributed by atoms with Crippen molar-refractivity contribution in [3.8, 4) is 22.5 Å². The first kappa shape index (κ1) is 11.5. The first-order valence-electron chi connectivity index (χ1n) is 6.02. The number of benzene rings is 1. The average molecular weight is 252 g/mol. The van der Waals surface area contributed by atoms with Crippen molar-refractivity contribution in [3.63, 3.8) is 0 Å². The van der Waals surface area contributed by atoms with Crippen LogP contribution in [0, 0.1) is 0 Å². The summed E-state index contributed by atoms with van der Waals surface area (Å²) < 4.78 is 5.48. The van der Waals surface area contributed by atoms with Crippen molar-refractivity contribution in [1.29, 1.82) is 0 Å². The monoisotopic (exact) mass is 252 g/mol. The van der Waals surface area contributed by atoms with Gasteiger partial charge in [0.2, 0.25) is 0 Å². The van der Waals surface area contributed by atoms with Gasteiger partial charge in [-0.1, -0.05) is 30.3 Å². The average Bonchev–Trinajstić information content (AvgIpc) is 2.78. The Morgan fingerprint density at radius 2 is 1.84 bits per heavy atom. The molecule has 0 spiro atoms. The van der Waals surface area contributed by atoms with Gasteiger partial charge in [0.25, 0.3) is 0 Å². The zero-order valence-electron chi connectivity index (χ0n) is 10.2. The number of hydrogen-bond donors (Lipinski definition) is 1. The van der Waals surface area contributed by atoms with Crippen LogP contribution >= 0.6 is 0 Å². The van der Waals surface area contributed by atoms with Crippen LogP contribution in [0.3, 0.4) is 0 Å². The quantitative estimate of drug-likeness (QED) is 0.773. The Bertz CT molecular complexity index is 682. The molecule has 3 heteroatoms. The minimum atomic E-state index is -0.856. The summed E-state index contributed by atoms with van der Waals surface area (Å²) in [5, 5.41) is 8.96. The standard InChI is InChI=1S/C16H12O3/c17-15(18)10-12-9-14(11-5-2-1-3-6-11)13-7-4-8-19-16(12)13/h1-9H,10H2,(H,17,18). The lowest BCUT2D eigenvalue weighted by atomic mass is 10.0. The fourth-order valence-electron chi connectivity index (χ4n) is 2.31. The van der Waals surface area contributed by atoms with Crippen LogP contribution in [0.1, 0.15) is 5.56 Å². The van der Waals surface area contributed by atoms with Crippen LogP contribution in [0.4, 0.5) is 0 Å². The Kier molecular flexibility index (Phi) is 2.80. The van der Waals surface area contributed by atoms with Crippen LogP contribution in [0.2, 0.25) is 0 Å². The zero-order chi connectivity index (χ0) is 13.2. The summed E-state index contributed by atoms with van der Waals surface area (Å²) in [6, 6.07) is 15.6. The van der Waals surface area contributed by atoms with E-state index in [1.807, 2.05) is 48.5 Å². The number of fused-ring (bicyclic) bond motifs is 1. The van der Waals surface area contributed by atoms with E-state index in [0.29, 0.717) is 11.3 Å². The van der Waals surface area contributed by atoms with Gasteiger partial charge < -0.3 is 9.52 Å². The molecular formula is C16H12O3. The molecule has 0 saturated carbocycles. The van der Waals surface area contributed by atoms with Gasteiger partial charge >= 0.3 is 5.97 Å². The Labute approximate surface area is 110 Å². The molecule has 1 N–H and O–H groups in total. The van der Waals surface area contributed by atoms with E-state index in [2.05, 4.69) is 0 Å². The molecule has 2 aliphatic rings. The van der Waals surface area contributed by atoms with E-state index in [4.69, 9.17) is 9.52 Å². The Morgan fingerprint density at radius 3 is 2.58 bits per heavy atom. The van der Waals surface area contributed by atoms with Gasteiger partial charge in [-0.05, 0) is 29.3 Å². The van der Waals surface area contributed by atoms with Crippen LogP contribution in [-0.2, 0) is 11.2 Å². The van der Waals surface area contributed by atoms with Crippen molar-refractivity contribution in [3.05, 3.63) is 60.4 Å². The Morgan fingerprint density at radius 1 is 1.05 bits per heavy atom. The summed E-state index contributed by atoms with van der Waals surface area (Å²) in [5.74, 6) is -0.200. The van der Waals surface area contributed by atoms with Crippen LogP contribution in [0.5, 0.6) is 0 Å². The van der Waals surface area contributed by atoms with Gasteiger partial charge in [0.15, 0.2) is 0 Å². The van der Waals surface area contributed by atoms with Crippen LogP contribution in [0.25, 0.3) is 22.5 Å². The largest absolute Gasteiger partial charge is 0.481 e. The minimum absolute atomic E-state index is 0.0309. The molecule has 1 aromatic carbocycles. The second kappa shape index (κ2) is 4.61. The van der Waals surface area contributed by atoms with Gasteiger partial charge in [0.05, 0.1) is 12.7 Å². The lowest BCUT2D eigenvalue weighted by Crippen LogP contribution is -1.99. The fraction of sp³-hybridized carbons (Fsp3) is 0.0625. The molecule has 0 amide bonds. The number of rotatable bonds is 3. The predicted molar refractivity (Wildman–Crippen MR) is 72.1 cm³/mol. The lowest BCUT2D eigenvalue weighted by Gasteiger charge is -2.03. The van der Waals surface area contributed by atoms with E-state index in [1.165, 1.54) is 0 Å². The summed E-state index contributed by atoms with van der Waals surface area (Å²) in [6.45, 7) is 0. The second-order valence-corrected chi connectivity index (χ2v) is 4.38. The number of hydrogen-bond acceptors (Lipinski definition) is 2. The summed E-state index contributed by atoms with van der Waals surface area (Å²) in [4.78, 5) is 10.9. The molecule has 3 nitrogen and oxygen atoms in total. The lowest BCUT2D eigenvalue weighted by molar-refractivity contribution is -0.136. The van der Waals surface area contributed by atoms with E-state index in [-0.39, 0.29) is 6.42 Å². The van der Waals surface area contributed by atoms with E-state index in [1.54, 1.807) is 6.26 Å². The summed E-state index contributed by atoms with van der Waals surface area (Å²) in [5.41, 5.74) is 3.73. The topological polar surface area (TPSA) is 50.4 Å². The minimum Gasteiger partial charge on any atom is -0.481 e. The van der Waals surface area contributed by atoms with Crippen molar-refractivity contribution in [1.82, 2.24) is 0 Å². The Balaban J connectivity index is 2.18. The number of aliphatic carboxylic acids is 1. The molecule has 3 rings (SSSR count). The summed E-state index contributed by atoms with van der Waals surface area (Å²) in [6.07, 6.45) is 1.54. The predicted octanol–water partition coefficient (Wildman–Crippen LogP) is 3.68. The third-order valence-electron chi connectivity index (χ3n) is 3.10. The molecule has 0 bridgehead atoms. The molecule has 19 heavy (non-hydrogen) atoms. The highest BCUT2D eigenvalue weighted by Crippen LogP contribution is 2.38. The number of carboxylic acids is 1. The first-order chi connectivity index (χ1) is 9.25. The highest BCUT2D eigenvalue weighted by molar-refractivity contribution is 5.88. The highest BCUT2D eigenvalue weighted by Gasteiger charge is 2.20. The zero-order valence-corrected chi connectivity index (χ0v) is 10.2. The van der Waals surface area contributed by atoms with Gasteiger partial charge in [-0.3, -0.25) is 4.79 Å². The van der Waals surface area contributed by atoms with Gasteiger partial charge in [-0.2, -0.15) is 0 Å². The maximum atomic E-state index is 10.9. The molecular weight excluding hydrogens is 240 g/mol. The van der Waals surface area contributed by atoms with Crippen molar-refractivity contribution < 1.29 is 14.3 Å². The van der Waals surface area contributed by atoms with Crippen molar-refractivity contribution in [2.24, 2.45) is 0 Å². The van der Waals surface area contributed by atoms with E-state index >= 15 is 0 Å². The maximum Gasteiger partial charge on any atom is 0.307 e. The van der Waals surface area contributed by atoms with Crippen LogP contribution < -0.4 is 0 Å². The molecule has 0 aromatic heterocycles. The van der Waals surface area contributed by atoms with Crippen LogP contribution in [0.15, 0.2) is 59.2 Å². The van der Waals surface area contributed by atoms with Gasteiger partial charge in [-0.15, -0.1) is 0 Å². The van der Waals surface area contributed by atoms with Gasteiger partial charge in [-0.25, -0.2) is 0 Å². The summed E-state index contributed by atoms with van der Waals surface area (Å²) >= 11 is 0. The molecule has 1 aliphatic carbocycles. The van der Waals surface area contributed by atoms with Crippen molar-refractivity contribution in [2.45, 2.75) is 6.42 Å². The van der Waals surface area contributed by atoms with Crippen molar-refractivity contribution in [2.75, 3.05) is 0 Å². The first-order valence-corrected chi connectivity index (χ1v) is 6.02. The van der Waals surface area contributed by atoms with Crippen LogP contribution in [-0.4, -0.2) is 11.1 Å². The molecule has 0 radical (unpaired) electrons. The van der Waals surface area contributed by atoms with E-state index < -0.39 is 5.97 Å². The van der Waals surface area contributed by atoms with E-state index in [0.717, 1.165) is 16.7 Å². The smallest absolute Gasteiger partial charge is 0.307 e.